The molecule has 1 rings (SSSR count). The van der Waals surface area contributed by atoms with Crippen LogP contribution in [0.2, 0.25) is 0 Å². The molecule has 0 spiro atoms. The molecule has 0 radical (unpaired) electrons. The normalized spacial score (nSPS) is 12.3. The first-order valence-corrected chi connectivity index (χ1v) is 5.81. The summed E-state index contributed by atoms with van der Waals surface area (Å²) >= 11 is 0. The lowest BCUT2D eigenvalue weighted by molar-refractivity contribution is 0.187. The number of aliphatic hydroxyl groups is 1. The van der Waals surface area contributed by atoms with Crippen LogP contribution in [-0.4, -0.2) is 28.4 Å². The van der Waals surface area contributed by atoms with E-state index in [0.717, 1.165) is 0 Å². The second-order valence-corrected chi connectivity index (χ2v) is 5.95. The fourth-order valence-electron chi connectivity index (χ4n) is 1.18. The first-order valence-electron chi connectivity index (χ1n) is 5.81. The molecule has 1 heterocycles. The van der Waals surface area contributed by atoms with Gasteiger partial charge in [0.1, 0.15) is 5.76 Å². The molecule has 102 valence electrons. The fraction of sp³-hybridized carbons (Fsp3) is 0.667. The van der Waals surface area contributed by atoms with Gasteiger partial charge in [0, 0.05) is 11.5 Å². The standard InChI is InChI=1S/C12H21N3O3/c1-11(2,3)8-6-9(15-18-8)13-10(17)14-12(4,5)7-16/h6,16H,7H2,1-5H3,(H2,13,14,15,17). The molecule has 0 unspecified atom stereocenters. The zero-order chi connectivity index (χ0) is 14.0. The van der Waals surface area contributed by atoms with Crippen molar-refractivity contribution < 1.29 is 14.4 Å². The van der Waals surface area contributed by atoms with Gasteiger partial charge in [-0.15, -0.1) is 0 Å². The Hall–Kier alpha value is -1.56. The van der Waals surface area contributed by atoms with Crippen LogP contribution in [0.3, 0.4) is 0 Å². The summed E-state index contributed by atoms with van der Waals surface area (Å²) in [5, 5.41) is 18.0. The van der Waals surface area contributed by atoms with Gasteiger partial charge >= 0.3 is 6.03 Å². The molecular weight excluding hydrogens is 234 g/mol. The minimum Gasteiger partial charge on any atom is -0.394 e. The molecule has 3 N–H and O–H groups in total. The Morgan fingerprint density at radius 2 is 2.00 bits per heavy atom. The number of carbonyl (C=O) groups excluding carboxylic acids is 1. The van der Waals surface area contributed by atoms with Gasteiger partial charge < -0.3 is 14.9 Å². The predicted molar refractivity (Wildman–Crippen MR) is 68.5 cm³/mol. The summed E-state index contributed by atoms with van der Waals surface area (Å²) in [4.78, 5) is 11.6. The number of amides is 2. The Bertz CT molecular complexity index is 418. The highest BCUT2D eigenvalue weighted by Crippen LogP contribution is 2.24. The van der Waals surface area contributed by atoms with Gasteiger partial charge in [0.05, 0.1) is 12.1 Å². The third-order valence-corrected chi connectivity index (χ3v) is 2.34. The van der Waals surface area contributed by atoms with Crippen LogP contribution in [-0.2, 0) is 5.41 Å². The third-order valence-electron chi connectivity index (χ3n) is 2.34. The zero-order valence-electron chi connectivity index (χ0n) is 11.5. The maximum atomic E-state index is 11.6. The van der Waals surface area contributed by atoms with Gasteiger partial charge in [-0.3, -0.25) is 5.32 Å². The van der Waals surface area contributed by atoms with Crippen LogP contribution in [0.25, 0.3) is 0 Å². The van der Waals surface area contributed by atoms with E-state index < -0.39 is 11.6 Å². The lowest BCUT2D eigenvalue weighted by Gasteiger charge is -2.23. The maximum absolute atomic E-state index is 11.6. The van der Waals surface area contributed by atoms with Gasteiger partial charge in [-0.2, -0.15) is 0 Å². The number of rotatable bonds is 3. The number of hydrogen-bond donors (Lipinski definition) is 3. The van der Waals surface area contributed by atoms with Crippen LogP contribution in [0.5, 0.6) is 0 Å². The first-order chi connectivity index (χ1) is 8.14. The number of urea groups is 1. The molecule has 6 heteroatoms. The zero-order valence-corrected chi connectivity index (χ0v) is 11.5. The van der Waals surface area contributed by atoms with Crippen LogP contribution in [0, 0.1) is 0 Å². The van der Waals surface area contributed by atoms with E-state index >= 15 is 0 Å². The number of nitrogens with zero attached hydrogens (tertiary/aromatic N) is 1. The average Bonchev–Trinajstić information content (AvgIpc) is 2.64. The molecule has 1 aromatic heterocycles. The topological polar surface area (TPSA) is 87.4 Å². The van der Waals surface area contributed by atoms with Crippen LogP contribution in [0.1, 0.15) is 40.4 Å². The first kappa shape index (κ1) is 14.5. The molecule has 0 aliphatic carbocycles. The van der Waals surface area contributed by atoms with E-state index in [1.54, 1.807) is 19.9 Å². The quantitative estimate of drug-likeness (QED) is 0.769. The number of aliphatic hydroxyl groups excluding tert-OH is 1. The lowest BCUT2D eigenvalue weighted by Crippen LogP contribution is -2.48. The molecule has 0 aliphatic rings. The Kier molecular flexibility index (Phi) is 4.01. The second kappa shape index (κ2) is 4.97. The van der Waals surface area contributed by atoms with Crippen molar-refractivity contribution >= 4 is 11.8 Å². The van der Waals surface area contributed by atoms with Gasteiger partial charge in [-0.1, -0.05) is 25.9 Å². The van der Waals surface area contributed by atoms with E-state index in [9.17, 15) is 4.79 Å². The van der Waals surface area contributed by atoms with Crippen molar-refractivity contribution in [1.82, 2.24) is 10.5 Å². The van der Waals surface area contributed by atoms with Crippen LogP contribution >= 0.6 is 0 Å². The van der Waals surface area contributed by atoms with Crippen molar-refractivity contribution in [3.63, 3.8) is 0 Å². The monoisotopic (exact) mass is 255 g/mol. The van der Waals surface area contributed by atoms with Gasteiger partial charge in [0.15, 0.2) is 5.82 Å². The van der Waals surface area contributed by atoms with Crippen molar-refractivity contribution in [3.8, 4) is 0 Å². The maximum Gasteiger partial charge on any atom is 0.320 e. The van der Waals surface area contributed by atoms with Gasteiger partial charge in [0.25, 0.3) is 0 Å². The highest BCUT2D eigenvalue weighted by Gasteiger charge is 2.22. The van der Waals surface area contributed by atoms with E-state index in [-0.39, 0.29) is 12.0 Å². The van der Waals surface area contributed by atoms with E-state index in [4.69, 9.17) is 9.63 Å². The molecule has 0 aromatic carbocycles. The molecule has 0 saturated heterocycles. The van der Waals surface area contributed by atoms with E-state index in [1.807, 2.05) is 20.8 Å². The Morgan fingerprint density at radius 1 is 1.39 bits per heavy atom. The second-order valence-electron chi connectivity index (χ2n) is 5.95. The highest BCUT2D eigenvalue weighted by atomic mass is 16.5. The van der Waals surface area contributed by atoms with Crippen molar-refractivity contribution in [2.24, 2.45) is 0 Å². The number of nitrogens with one attached hydrogen (secondary N) is 2. The Morgan fingerprint density at radius 3 is 2.44 bits per heavy atom. The smallest absolute Gasteiger partial charge is 0.320 e. The van der Waals surface area contributed by atoms with Gasteiger partial charge in [-0.25, -0.2) is 4.79 Å². The molecular formula is C12H21N3O3. The van der Waals surface area contributed by atoms with Crippen LogP contribution in [0.4, 0.5) is 10.6 Å². The van der Waals surface area contributed by atoms with Crippen molar-refractivity contribution in [1.29, 1.82) is 0 Å². The largest absolute Gasteiger partial charge is 0.394 e. The molecule has 0 saturated carbocycles. The molecule has 2 amide bonds. The Labute approximate surface area is 107 Å². The molecule has 1 aromatic rings. The average molecular weight is 255 g/mol. The van der Waals surface area contributed by atoms with Gasteiger partial charge in [0.2, 0.25) is 0 Å². The molecule has 18 heavy (non-hydrogen) atoms. The summed E-state index contributed by atoms with van der Waals surface area (Å²) < 4.78 is 5.14. The van der Waals surface area contributed by atoms with Gasteiger partial charge in [-0.05, 0) is 13.8 Å². The number of hydrogen-bond acceptors (Lipinski definition) is 4. The van der Waals surface area contributed by atoms with Crippen molar-refractivity contribution in [2.45, 2.75) is 45.6 Å². The molecule has 0 fully saturated rings. The van der Waals surface area contributed by atoms with Crippen molar-refractivity contribution in [3.05, 3.63) is 11.8 Å². The SMILES string of the molecule is CC(C)(CO)NC(=O)Nc1cc(C(C)(C)C)on1. The molecule has 0 atom stereocenters. The number of aromatic nitrogens is 1. The Balaban J connectivity index is 2.64. The van der Waals surface area contributed by atoms with Crippen LogP contribution < -0.4 is 10.6 Å². The predicted octanol–water partition coefficient (Wildman–Crippen LogP) is 1.86. The fourth-order valence-corrected chi connectivity index (χ4v) is 1.18. The minimum atomic E-state index is -0.680. The summed E-state index contributed by atoms with van der Waals surface area (Å²) in [6, 6.07) is 1.26. The third kappa shape index (κ3) is 4.03. The lowest BCUT2D eigenvalue weighted by atomic mass is 9.93. The van der Waals surface area contributed by atoms with E-state index in [0.29, 0.717) is 11.6 Å². The van der Waals surface area contributed by atoms with E-state index in [2.05, 4.69) is 15.8 Å². The van der Waals surface area contributed by atoms with Crippen LogP contribution in [0.15, 0.2) is 10.6 Å². The molecule has 0 bridgehead atoms. The highest BCUT2D eigenvalue weighted by molar-refractivity contribution is 5.88. The van der Waals surface area contributed by atoms with E-state index in [1.165, 1.54) is 0 Å². The number of anilines is 1. The number of carbonyl (C=O) groups is 1. The molecule has 0 aliphatic heterocycles. The summed E-state index contributed by atoms with van der Waals surface area (Å²) in [5.74, 6) is 1.05. The van der Waals surface area contributed by atoms with Crippen molar-refractivity contribution in [2.75, 3.05) is 11.9 Å². The summed E-state index contributed by atoms with van der Waals surface area (Å²) in [6.45, 7) is 9.27. The summed E-state index contributed by atoms with van der Waals surface area (Å²) in [7, 11) is 0. The minimum absolute atomic E-state index is 0.146. The summed E-state index contributed by atoms with van der Waals surface area (Å²) in [5.41, 5.74) is -0.839. The molecule has 6 nitrogen and oxygen atoms in total. The summed E-state index contributed by atoms with van der Waals surface area (Å²) in [6.07, 6.45) is 0.